The Balaban J connectivity index is 2.80. The van der Waals surface area contributed by atoms with E-state index in [2.05, 4.69) is 4.98 Å². The summed E-state index contributed by atoms with van der Waals surface area (Å²) in [6, 6.07) is 1.94. The zero-order chi connectivity index (χ0) is 11.9. The number of carboxylic acids is 1. The molecule has 1 aromatic heterocycles. The molecule has 1 heterocycles. The maximum Gasteiger partial charge on any atom is 0.337 e. The molecule has 2 aromatic rings. The monoisotopic (exact) mass is 240 g/mol. The Morgan fingerprint density at radius 3 is 2.69 bits per heavy atom. The third-order valence-electron chi connectivity index (χ3n) is 1.90. The van der Waals surface area contributed by atoms with E-state index in [0.29, 0.717) is 0 Å². The minimum atomic E-state index is -1.27. The Morgan fingerprint density at radius 2 is 2.12 bits per heavy atom. The Kier molecular flexibility index (Phi) is 2.31. The van der Waals surface area contributed by atoms with Crippen LogP contribution in [0.5, 0.6) is 0 Å². The van der Waals surface area contributed by atoms with Gasteiger partial charge < -0.3 is 10.8 Å². The van der Waals surface area contributed by atoms with Crippen LogP contribution in [0.1, 0.15) is 20.2 Å². The molecule has 0 aliphatic rings. The summed E-state index contributed by atoms with van der Waals surface area (Å²) in [6.45, 7) is 0. The molecule has 1 aromatic carbocycles. The molecule has 0 saturated carbocycles. The highest BCUT2D eigenvalue weighted by molar-refractivity contribution is 7.20. The third kappa shape index (κ3) is 1.61. The van der Waals surface area contributed by atoms with Crippen LogP contribution in [0, 0.1) is 5.82 Å². The number of carboxylic acid groups (broad SMARTS) is 1. The van der Waals surface area contributed by atoms with Crippen LogP contribution in [0.15, 0.2) is 12.1 Å². The van der Waals surface area contributed by atoms with E-state index < -0.39 is 17.7 Å². The van der Waals surface area contributed by atoms with Crippen LogP contribution in [-0.4, -0.2) is 22.0 Å². The Morgan fingerprint density at radius 1 is 1.44 bits per heavy atom. The number of primary amides is 1. The molecule has 0 aliphatic carbocycles. The number of hydrogen-bond donors (Lipinski definition) is 2. The summed E-state index contributed by atoms with van der Waals surface area (Å²) in [7, 11) is 0. The first kappa shape index (κ1) is 10.5. The zero-order valence-corrected chi connectivity index (χ0v) is 8.55. The number of aromatic carboxylic acids is 1. The highest BCUT2D eigenvalue weighted by Crippen LogP contribution is 2.26. The topological polar surface area (TPSA) is 93.3 Å². The molecule has 3 N–H and O–H groups in total. The van der Waals surface area contributed by atoms with Crippen LogP contribution in [-0.2, 0) is 0 Å². The number of nitrogens with zero attached hydrogens (tertiary/aromatic N) is 1. The fraction of sp³-hybridized carbons (Fsp3) is 0. The summed E-state index contributed by atoms with van der Waals surface area (Å²) in [4.78, 5) is 25.5. The van der Waals surface area contributed by atoms with Crippen molar-refractivity contribution in [2.45, 2.75) is 0 Å². The summed E-state index contributed by atoms with van der Waals surface area (Å²) in [5, 5.41) is 8.81. The molecule has 82 valence electrons. The lowest BCUT2D eigenvalue weighted by molar-refractivity contribution is 0.0698. The Bertz CT molecular complexity index is 608. The van der Waals surface area contributed by atoms with Crippen molar-refractivity contribution in [3.63, 3.8) is 0 Å². The van der Waals surface area contributed by atoms with Gasteiger partial charge in [-0.2, -0.15) is 0 Å². The third-order valence-corrected chi connectivity index (χ3v) is 3.02. The number of amides is 1. The number of aromatic nitrogens is 1. The average Bonchev–Trinajstić information content (AvgIpc) is 2.59. The summed E-state index contributed by atoms with van der Waals surface area (Å²) in [5.41, 5.74) is 4.91. The molecule has 16 heavy (non-hydrogen) atoms. The number of halogens is 1. The number of benzene rings is 1. The van der Waals surface area contributed by atoms with E-state index in [1.165, 1.54) is 0 Å². The summed E-state index contributed by atoms with van der Waals surface area (Å²) in [5.74, 6) is -2.76. The fourth-order valence-electron chi connectivity index (χ4n) is 1.26. The van der Waals surface area contributed by atoms with Crippen molar-refractivity contribution in [3.05, 3.63) is 28.5 Å². The largest absolute Gasteiger partial charge is 0.478 e. The lowest BCUT2D eigenvalue weighted by Crippen LogP contribution is -2.09. The molecule has 0 spiro atoms. The van der Waals surface area contributed by atoms with Gasteiger partial charge in [-0.05, 0) is 6.07 Å². The highest BCUT2D eigenvalue weighted by Gasteiger charge is 2.17. The van der Waals surface area contributed by atoms with Crippen molar-refractivity contribution in [1.29, 1.82) is 0 Å². The van der Waals surface area contributed by atoms with Gasteiger partial charge in [0.05, 0.1) is 15.8 Å². The molecule has 0 saturated heterocycles. The maximum atomic E-state index is 13.1. The minimum absolute atomic E-state index is 0.0388. The molecular formula is C9H5FN2O3S. The van der Waals surface area contributed by atoms with E-state index in [1.807, 2.05) is 0 Å². The normalized spacial score (nSPS) is 10.6. The van der Waals surface area contributed by atoms with Crippen LogP contribution in [0.4, 0.5) is 4.39 Å². The van der Waals surface area contributed by atoms with E-state index in [9.17, 15) is 14.0 Å². The first-order valence-corrected chi connectivity index (χ1v) is 4.94. The first-order valence-electron chi connectivity index (χ1n) is 4.12. The van der Waals surface area contributed by atoms with Crippen LogP contribution < -0.4 is 5.73 Å². The van der Waals surface area contributed by atoms with Crippen molar-refractivity contribution in [2.24, 2.45) is 5.73 Å². The molecule has 0 radical (unpaired) electrons. The predicted molar refractivity (Wildman–Crippen MR) is 55.1 cm³/mol. The van der Waals surface area contributed by atoms with Crippen molar-refractivity contribution >= 4 is 33.4 Å². The number of nitrogens with two attached hydrogens (primary N) is 1. The molecule has 0 atom stereocenters. The van der Waals surface area contributed by atoms with Crippen molar-refractivity contribution in [3.8, 4) is 0 Å². The van der Waals surface area contributed by atoms with E-state index >= 15 is 0 Å². The number of carbonyl (C=O) groups is 2. The van der Waals surface area contributed by atoms with Gasteiger partial charge in [0, 0.05) is 6.07 Å². The number of thiazole rings is 1. The van der Waals surface area contributed by atoms with Crippen molar-refractivity contribution < 1.29 is 19.1 Å². The average molecular weight is 240 g/mol. The molecule has 0 aliphatic heterocycles. The number of rotatable bonds is 2. The van der Waals surface area contributed by atoms with Gasteiger partial charge in [0.15, 0.2) is 5.01 Å². The van der Waals surface area contributed by atoms with Crippen molar-refractivity contribution in [2.75, 3.05) is 0 Å². The number of carbonyl (C=O) groups excluding carboxylic acids is 1. The second kappa shape index (κ2) is 3.53. The quantitative estimate of drug-likeness (QED) is 0.825. The summed E-state index contributed by atoms with van der Waals surface area (Å²) in [6.07, 6.45) is 0. The van der Waals surface area contributed by atoms with Gasteiger partial charge in [-0.15, -0.1) is 11.3 Å². The molecular weight excluding hydrogens is 235 g/mol. The van der Waals surface area contributed by atoms with Gasteiger partial charge >= 0.3 is 5.97 Å². The second-order valence-corrected chi connectivity index (χ2v) is 3.99. The van der Waals surface area contributed by atoms with E-state index in [4.69, 9.17) is 10.8 Å². The first-order chi connectivity index (χ1) is 7.49. The predicted octanol–water partition coefficient (Wildman–Crippen LogP) is 1.23. The molecule has 0 fully saturated rings. The number of fused-ring (bicyclic) bond motifs is 1. The van der Waals surface area contributed by atoms with Gasteiger partial charge in [0.1, 0.15) is 5.82 Å². The van der Waals surface area contributed by atoms with E-state index in [0.717, 1.165) is 23.5 Å². The van der Waals surface area contributed by atoms with Gasteiger partial charge in [0.25, 0.3) is 5.91 Å². The molecule has 7 heteroatoms. The van der Waals surface area contributed by atoms with E-state index in [1.54, 1.807) is 0 Å². The van der Waals surface area contributed by atoms with Gasteiger partial charge in [-0.3, -0.25) is 4.79 Å². The fourth-order valence-corrected chi connectivity index (χ4v) is 2.17. The van der Waals surface area contributed by atoms with Crippen LogP contribution in [0.3, 0.4) is 0 Å². The number of hydrogen-bond acceptors (Lipinski definition) is 4. The zero-order valence-electron chi connectivity index (χ0n) is 7.73. The smallest absolute Gasteiger partial charge is 0.337 e. The Labute approximate surface area is 92.3 Å². The molecule has 0 bridgehead atoms. The summed E-state index contributed by atoms with van der Waals surface area (Å²) < 4.78 is 13.3. The Hall–Kier alpha value is -2.02. The van der Waals surface area contributed by atoms with Crippen LogP contribution in [0.25, 0.3) is 10.2 Å². The summed E-state index contributed by atoms with van der Waals surface area (Å²) >= 11 is 0.836. The van der Waals surface area contributed by atoms with Crippen molar-refractivity contribution in [1.82, 2.24) is 4.98 Å². The molecule has 1 amide bonds. The van der Waals surface area contributed by atoms with Crippen LogP contribution >= 0.6 is 11.3 Å². The lowest BCUT2D eigenvalue weighted by atomic mass is 10.2. The lowest BCUT2D eigenvalue weighted by Gasteiger charge is -1.95. The highest BCUT2D eigenvalue weighted by atomic mass is 32.1. The maximum absolute atomic E-state index is 13.1. The van der Waals surface area contributed by atoms with E-state index in [-0.39, 0.29) is 20.8 Å². The molecule has 2 rings (SSSR count). The standard InChI is InChI=1S/C9H5FN2O3S/c10-3-1-4(9(14)15)6-5(2-3)12-8(16-6)7(11)13/h1-2H,(H2,11,13)(H,14,15). The molecule has 0 unspecified atom stereocenters. The second-order valence-electron chi connectivity index (χ2n) is 2.99. The van der Waals surface area contributed by atoms with Crippen LogP contribution in [0.2, 0.25) is 0 Å². The molecule has 5 nitrogen and oxygen atoms in total. The van der Waals surface area contributed by atoms with Gasteiger partial charge in [-0.1, -0.05) is 0 Å². The van der Waals surface area contributed by atoms with Gasteiger partial charge in [-0.25, -0.2) is 14.2 Å². The van der Waals surface area contributed by atoms with Gasteiger partial charge in [0.2, 0.25) is 0 Å². The minimum Gasteiger partial charge on any atom is -0.478 e. The SMILES string of the molecule is NC(=O)c1nc2cc(F)cc(C(=O)O)c2s1.